The molecule has 0 atom stereocenters. The predicted octanol–water partition coefficient (Wildman–Crippen LogP) is 2.51. The summed E-state index contributed by atoms with van der Waals surface area (Å²) in [6.07, 6.45) is 0. The average Bonchev–Trinajstić information content (AvgIpc) is 2.79. The Labute approximate surface area is 117 Å². The molecule has 4 heteroatoms. The van der Waals surface area contributed by atoms with Crippen LogP contribution >= 0.6 is 12.2 Å². The third kappa shape index (κ3) is 2.00. The molecule has 19 heavy (non-hydrogen) atoms. The van der Waals surface area contributed by atoms with Crippen LogP contribution in [0.15, 0.2) is 53.6 Å². The maximum absolute atomic E-state index is 5.06. The van der Waals surface area contributed by atoms with Gasteiger partial charge in [-0.2, -0.15) is 5.10 Å². The highest BCUT2D eigenvalue weighted by atomic mass is 32.1. The summed E-state index contributed by atoms with van der Waals surface area (Å²) in [5.41, 5.74) is 8.50. The Bertz CT molecular complexity index is 629. The topological polar surface area (TPSA) is 36.4 Å². The van der Waals surface area contributed by atoms with E-state index in [2.05, 4.69) is 40.1 Å². The van der Waals surface area contributed by atoms with Gasteiger partial charge in [0.15, 0.2) is 5.11 Å². The Morgan fingerprint density at radius 3 is 1.84 bits per heavy atom. The minimum atomic E-state index is 0.509. The van der Waals surface area contributed by atoms with Crippen molar-refractivity contribution in [2.75, 3.05) is 7.05 Å². The summed E-state index contributed by atoms with van der Waals surface area (Å²) in [4.78, 5) is 0. The Morgan fingerprint density at radius 1 is 0.895 bits per heavy atom. The maximum atomic E-state index is 5.06. The smallest absolute Gasteiger partial charge is 0.186 e. The minimum absolute atomic E-state index is 0.509. The van der Waals surface area contributed by atoms with Crippen molar-refractivity contribution in [3.05, 3.63) is 59.7 Å². The van der Waals surface area contributed by atoms with Crippen LogP contribution < -0.4 is 10.7 Å². The SMILES string of the molecule is CNC(=S)NN=C1c2ccccc2-c2ccccc21. The van der Waals surface area contributed by atoms with E-state index in [1.807, 2.05) is 24.3 Å². The van der Waals surface area contributed by atoms with E-state index in [9.17, 15) is 0 Å². The summed E-state index contributed by atoms with van der Waals surface area (Å²) in [6.45, 7) is 0. The molecule has 0 aliphatic heterocycles. The molecule has 0 spiro atoms. The van der Waals surface area contributed by atoms with Gasteiger partial charge in [0.05, 0.1) is 5.71 Å². The number of fused-ring (bicyclic) bond motifs is 3. The van der Waals surface area contributed by atoms with E-state index in [4.69, 9.17) is 12.2 Å². The van der Waals surface area contributed by atoms with E-state index in [1.54, 1.807) is 7.05 Å². The monoisotopic (exact) mass is 267 g/mol. The van der Waals surface area contributed by atoms with Crippen LogP contribution in [0.1, 0.15) is 11.1 Å². The van der Waals surface area contributed by atoms with E-state index in [0.29, 0.717) is 5.11 Å². The summed E-state index contributed by atoms with van der Waals surface area (Å²) >= 11 is 5.06. The van der Waals surface area contributed by atoms with Crippen molar-refractivity contribution in [3.63, 3.8) is 0 Å². The number of hydrogen-bond acceptors (Lipinski definition) is 2. The molecule has 94 valence electrons. The molecule has 2 aromatic rings. The number of rotatable bonds is 1. The molecule has 2 N–H and O–H groups in total. The first-order valence-electron chi connectivity index (χ1n) is 6.06. The fourth-order valence-electron chi connectivity index (χ4n) is 2.28. The molecule has 0 unspecified atom stereocenters. The van der Waals surface area contributed by atoms with Gasteiger partial charge < -0.3 is 5.32 Å². The van der Waals surface area contributed by atoms with Crippen molar-refractivity contribution in [2.24, 2.45) is 5.10 Å². The van der Waals surface area contributed by atoms with Gasteiger partial charge in [0.1, 0.15) is 0 Å². The first-order chi connectivity index (χ1) is 9.31. The summed E-state index contributed by atoms with van der Waals surface area (Å²) < 4.78 is 0. The third-order valence-electron chi connectivity index (χ3n) is 3.15. The number of nitrogens with one attached hydrogen (secondary N) is 2. The van der Waals surface area contributed by atoms with Crippen LogP contribution in [0, 0.1) is 0 Å². The highest BCUT2D eigenvalue weighted by molar-refractivity contribution is 7.80. The van der Waals surface area contributed by atoms with Gasteiger partial charge in [-0.05, 0) is 23.3 Å². The first kappa shape index (κ1) is 11.9. The molecule has 0 aromatic heterocycles. The molecular formula is C15H13N3S. The zero-order valence-corrected chi connectivity index (χ0v) is 11.3. The van der Waals surface area contributed by atoms with Crippen molar-refractivity contribution in [2.45, 2.75) is 0 Å². The molecule has 1 aliphatic carbocycles. The van der Waals surface area contributed by atoms with Gasteiger partial charge in [0.25, 0.3) is 0 Å². The number of thiocarbonyl (C=S) groups is 1. The van der Waals surface area contributed by atoms with E-state index in [1.165, 1.54) is 11.1 Å². The normalized spacial score (nSPS) is 11.5. The minimum Gasteiger partial charge on any atom is -0.364 e. The number of benzene rings is 2. The predicted molar refractivity (Wildman–Crippen MR) is 82.3 cm³/mol. The van der Waals surface area contributed by atoms with Crippen molar-refractivity contribution in [3.8, 4) is 11.1 Å². The summed E-state index contributed by atoms with van der Waals surface area (Å²) in [7, 11) is 1.77. The van der Waals surface area contributed by atoms with Crippen LogP contribution in [-0.4, -0.2) is 17.9 Å². The lowest BCUT2D eigenvalue weighted by Gasteiger charge is -2.04. The van der Waals surface area contributed by atoms with Gasteiger partial charge in [-0.15, -0.1) is 0 Å². The largest absolute Gasteiger partial charge is 0.364 e. The molecule has 0 saturated heterocycles. The van der Waals surface area contributed by atoms with Gasteiger partial charge in [0.2, 0.25) is 0 Å². The van der Waals surface area contributed by atoms with Crippen LogP contribution in [0.4, 0.5) is 0 Å². The van der Waals surface area contributed by atoms with Gasteiger partial charge in [-0.3, -0.25) is 5.43 Å². The van der Waals surface area contributed by atoms with Gasteiger partial charge in [-0.1, -0.05) is 48.5 Å². The molecule has 0 radical (unpaired) electrons. The van der Waals surface area contributed by atoms with Crippen molar-refractivity contribution in [1.82, 2.24) is 10.7 Å². The average molecular weight is 267 g/mol. The van der Waals surface area contributed by atoms with Crippen LogP contribution in [0.2, 0.25) is 0 Å². The second-order valence-corrected chi connectivity index (χ2v) is 4.65. The van der Waals surface area contributed by atoms with Gasteiger partial charge in [-0.25, -0.2) is 0 Å². The lowest BCUT2D eigenvalue weighted by atomic mass is 10.1. The zero-order chi connectivity index (χ0) is 13.2. The highest BCUT2D eigenvalue weighted by Crippen LogP contribution is 2.36. The standard InChI is InChI=1S/C15H13N3S/c1-16-15(19)18-17-14-12-8-4-2-6-10(12)11-7-3-5-9-13(11)14/h2-9H,1H3,(H2,16,18,19). The van der Waals surface area contributed by atoms with Gasteiger partial charge >= 0.3 is 0 Å². The molecule has 3 nitrogen and oxygen atoms in total. The fraction of sp³-hybridized carbons (Fsp3) is 0.0667. The van der Waals surface area contributed by atoms with Crippen LogP contribution in [-0.2, 0) is 0 Å². The van der Waals surface area contributed by atoms with E-state index in [0.717, 1.165) is 16.8 Å². The Morgan fingerprint density at radius 2 is 1.37 bits per heavy atom. The second kappa shape index (κ2) is 4.82. The first-order valence-corrected chi connectivity index (χ1v) is 6.46. The zero-order valence-electron chi connectivity index (χ0n) is 10.5. The lowest BCUT2D eigenvalue weighted by Crippen LogP contribution is -2.29. The Hall–Kier alpha value is -2.20. The molecule has 0 saturated carbocycles. The molecule has 0 heterocycles. The van der Waals surface area contributed by atoms with E-state index < -0.39 is 0 Å². The van der Waals surface area contributed by atoms with E-state index >= 15 is 0 Å². The lowest BCUT2D eigenvalue weighted by molar-refractivity contribution is 0.977. The molecule has 0 fully saturated rings. The molecule has 1 aliphatic rings. The molecular weight excluding hydrogens is 254 g/mol. The summed E-state index contributed by atoms with van der Waals surface area (Å²) in [5, 5.41) is 7.80. The molecule has 3 rings (SSSR count). The van der Waals surface area contributed by atoms with Crippen LogP contribution in [0.3, 0.4) is 0 Å². The Kier molecular flexibility index (Phi) is 3.01. The molecule has 0 amide bonds. The van der Waals surface area contributed by atoms with Gasteiger partial charge in [0, 0.05) is 18.2 Å². The van der Waals surface area contributed by atoms with E-state index in [-0.39, 0.29) is 0 Å². The number of nitrogens with zero attached hydrogens (tertiary/aromatic N) is 1. The summed E-state index contributed by atoms with van der Waals surface area (Å²) in [6, 6.07) is 16.5. The van der Waals surface area contributed by atoms with Crippen molar-refractivity contribution >= 4 is 23.0 Å². The number of hydrogen-bond donors (Lipinski definition) is 2. The van der Waals surface area contributed by atoms with Crippen LogP contribution in [0.25, 0.3) is 11.1 Å². The van der Waals surface area contributed by atoms with Crippen LogP contribution in [0.5, 0.6) is 0 Å². The quantitative estimate of drug-likeness (QED) is 0.525. The molecule has 2 aromatic carbocycles. The van der Waals surface area contributed by atoms with Crippen molar-refractivity contribution < 1.29 is 0 Å². The fourth-order valence-corrected chi connectivity index (χ4v) is 2.32. The second-order valence-electron chi connectivity index (χ2n) is 4.24. The van der Waals surface area contributed by atoms with Crippen molar-refractivity contribution in [1.29, 1.82) is 0 Å². The summed E-state index contributed by atoms with van der Waals surface area (Å²) in [5.74, 6) is 0. The maximum Gasteiger partial charge on any atom is 0.186 e. The number of hydrazone groups is 1. The third-order valence-corrected chi connectivity index (χ3v) is 3.45. The highest BCUT2D eigenvalue weighted by Gasteiger charge is 2.23. The Balaban J connectivity index is 2.12. The molecule has 0 bridgehead atoms.